The molecule has 0 aliphatic carbocycles. The lowest BCUT2D eigenvalue weighted by Gasteiger charge is -2.12. The number of aliphatic hydroxyl groups is 1. The molecule has 6 heteroatoms. The van der Waals surface area contributed by atoms with E-state index in [1.807, 2.05) is 36.4 Å². The van der Waals surface area contributed by atoms with E-state index in [1.165, 1.54) is 12.7 Å². The quantitative estimate of drug-likeness (QED) is 0.491. The van der Waals surface area contributed by atoms with Gasteiger partial charge in [0.15, 0.2) is 6.61 Å². The number of nitrogens with one attached hydrogen (secondary N) is 1. The van der Waals surface area contributed by atoms with Gasteiger partial charge >= 0.3 is 5.97 Å². The number of hydrogen-bond donors (Lipinski definition) is 2. The second-order valence-corrected chi connectivity index (χ2v) is 6.32. The Morgan fingerprint density at radius 3 is 2.69 bits per heavy atom. The van der Waals surface area contributed by atoms with E-state index < -0.39 is 12.1 Å². The Bertz CT molecular complexity index is 690. The summed E-state index contributed by atoms with van der Waals surface area (Å²) in [6, 6.07) is 14.9. The number of ether oxygens (including phenoxy) is 2. The van der Waals surface area contributed by atoms with Crippen molar-refractivity contribution in [2.45, 2.75) is 18.9 Å². The normalized spacial score (nSPS) is 11.8. The molecule has 2 aromatic rings. The minimum absolute atomic E-state index is 0.0886. The van der Waals surface area contributed by atoms with E-state index in [0.29, 0.717) is 17.3 Å². The Kier molecular flexibility index (Phi) is 8.41. The maximum Gasteiger partial charge on any atom is 0.343 e. The fraction of sp³-hybridized carbons (Fsp3) is 0.350. The molecule has 0 spiro atoms. The van der Waals surface area contributed by atoms with E-state index in [4.69, 9.17) is 16.3 Å². The van der Waals surface area contributed by atoms with Gasteiger partial charge in [0.2, 0.25) is 0 Å². The van der Waals surface area contributed by atoms with Gasteiger partial charge in [-0.15, -0.1) is 0 Å². The molecule has 0 aliphatic heterocycles. The van der Waals surface area contributed by atoms with Gasteiger partial charge in [-0.05, 0) is 54.8 Å². The van der Waals surface area contributed by atoms with Crippen molar-refractivity contribution in [1.29, 1.82) is 0 Å². The molecule has 0 aliphatic rings. The van der Waals surface area contributed by atoms with Crippen molar-refractivity contribution in [2.75, 3.05) is 26.8 Å². The van der Waals surface area contributed by atoms with E-state index in [2.05, 4.69) is 10.1 Å². The summed E-state index contributed by atoms with van der Waals surface area (Å²) in [5.74, 6) is 0.238. The predicted octanol–water partition coefficient (Wildman–Crippen LogP) is 3.15. The Morgan fingerprint density at radius 1 is 1.23 bits per heavy atom. The molecule has 0 heterocycles. The van der Waals surface area contributed by atoms with Crippen molar-refractivity contribution in [1.82, 2.24) is 5.32 Å². The number of benzene rings is 2. The lowest BCUT2D eigenvalue weighted by molar-refractivity contribution is -0.142. The summed E-state index contributed by atoms with van der Waals surface area (Å²) in [6.45, 7) is 1.20. The number of methoxy groups -OCH3 is 1. The summed E-state index contributed by atoms with van der Waals surface area (Å²) >= 11 is 5.93. The predicted molar refractivity (Wildman–Crippen MR) is 102 cm³/mol. The zero-order chi connectivity index (χ0) is 18.8. The summed E-state index contributed by atoms with van der Waals surface area (Å²) < 4.78 is 9.84. The van der Waals surface area contributed by atoms with Gasteiger partial charge < -0.3 is 19.9 Å². The van der Waals surface area contributed by atoms with Crippen LogP contribution in [0.4, 0.5) is 0 Å². The average Bonchev–Trinajstić information content (AvgIpc) is 2.66. The minimum Gasteiger partial charge on any atom is -0.482 e. The summed E-state index contributed by atoms with van der Waals surface area (Å²) in [5.41, 5.74) is 2.00. The molecule has 140 valence electrons. The van der Waals surface area contributed by atoms with E-state index in [0.717, 1.165) is 24.9 Å². The zero-order valence-electron chi connectivity index (χ0n) is 14.8. The average molecular weight is 378 g/mol. The molecule has 0 aromatic heterocycles. The fourth-order valence-electron chi connectivity index (χ4n) is 2.44. The number of aryl methyl sites for hydroxylation is 1. The van der Waals surface area contributed by atoms with Crippen LogP contribution in [-0.2, 0) is 16.0 Å². The van der Waals surface area contributed by atoms with Crippen LogP contribution in [0.1, 0.15) is 23.7 Å². The van der Waals surface area contributed by atoms with Crippen molar-refractivity contribution in [3.63, 3.8) is 0 Å². The third-order valence-electron chi connectivity index (χ3n) is 3.90. The molecule has 0 saturated heterocycles. The molecule has 1 unspecified atom stereocenters. The third-order valence-corrected chi connectivity index (χ3v) is 4.13. The molecule has 5 nitrogen and oxygen atoms in total. The summed E-state index contributed by atoms with van der Waals surface area (Å²) in [7, 11) is 1.33. The van der Waals surface area contributed by atoms with Gasteiger partial charge in [0, 0.05) is 11.6 Å². The minimum atomic E-state index is -0.569. The van der Waals surface area contributed by atoms with Gasteiger partial charge in [0.05, 0.1) is 13.2 Å². The van der Waals surface area contributed by atoms with Crippen LogP contribution in [0, 0.1) is 0 Å². The van der Waals surface area contributed by atoms with E-state index in [9.17, 15) is 9.90 Å². The SMILES string of the molecule is COC(=O)COc1ccc(CCCNCC(O)c2cccc(Cl)c2)cc1. The molecule has 0 fully saturated rings. The highest BCUT2D eigenvalue weighted by molar-refractivity contribution is 6.30. The number of esters is 1. The van der Waals surface area contributed by atoms with Crippen molar-refractivity contribution in [3.05, 3.63) is 64.7 Å². The first-order chi connectivity index (χ1) is 12.6. The van der Waals surface area contributed by atoms with Crippen molar-refractivity contribution in [3.8, 4) is 5.75 Å². The van der Waals surface area contributed by atoms with Crippen LogP contribution in [0.2, 0.25) is 5.02 Å². The van der Waals surface area contributed by atoms with Crippen LogP contribution >= 0.6 is 11.6 Å². The maximum atomic E-state index is 11.0. The first kappa shape index (κ1) is 20.2. The number of halogens is 1. The molecule has 0 radical (unpaired) electrons. The molecule has 0 amide bonds. The van der Waals surface area contributed by atoms with Gasteiger partial charge in [0.25, 0.3) is 0 Å². The number of aliphatic hydroxyl groups excluding tert-OH is 1. The van der Waals surface area contributed by atoms with E-state index >= 15 is 0 Å². The van der Waals surface area contributed by atoms with Gasteiger partial charge in [-0.25, -0.2) is 4.79 Å². The summed E-state index contributed by atoms with van der Waals surface area (Å²) in [4.78, 5) is 11.0. The molecule has 26 heavy (non-hydrogen) atoms. The highest BCUT2D eigenvalue weighted by Crippen LogP contribution is 2.17. The van der Waals surface area contributed by atoms with Crippen LogP contribution in [0.15, 0.2) is 48.5 Å². The summed E-state index contributed by atoms with van der Waals surface area (Å²) in [6.07, 6.45) is 1.29. The van der Waals surface area contributed by atoms with Crippen LogP contribution in [-0.4, -0.2) is 37.9 Å². The van der Waals surface area contributed by atoms with Crippen LogP contribution in [0.3, 0.4) is 0 Å². The topological polar surface area (TPSA) is 67.8 Å². The first-order valence-electron chi connectivity index (χ1n) is 8.51. The maximum absolute atomic E-state index is 11.0. The molecular weight excluding hydrogens is 354 g/mol. The lowest BCUT2D eigenvalue weighted by Crippen LogP contribution is -2.22. The molecular formula is C20H24ClNO4. The standard InChI is InChI=1S/C20H24ClNO4/c1-25-20(24)14-26-18-9-7-15(8-10-18)4-3-11-22-13-19(23)16-5-2-6-17(21)12-16/h2,5-10,12,19,22-23H,3-4,11,13-14H2,1H3. The van der Waals surface area contributed by atoms with Crippen LogP contribution in [0.5, 0.6) is 5.75 Å². The fourth-order valence-corrected chi connectivity index (χ4v) is 2.64. The van der Waals surface area contributed by atoms with Crippen molar-refractivity contribution in [2.24, 2.45) is 0 Å². The van der Waals surface area contributed by atoms with E-state index in [1.54, 1.807) is 12.1 Å². The number of carbonyl (C=O) groups excluding carboxylic acids is 1. The third kappa shape index (κ3) is 7.04. The second kappa shape index (κ2) is 10.8. The molecule has 2 aromatic carbocycles. The van der Waals surface area contributed by atoms with Crippen molar-refractivity contribution >= 4 is 17.6 Å². The smallest absolute Gasteiger partial charge is 0.343 e. The first-order valence-corrected chi connectivity index (χ1v) is 8.89. The van der Waals surface area contributed by atoms with Crippen LogP contribution < -0.4 is 10.1 Å². The van der Waals surface area contributed by atoms with Gasteiger partial charge in [0.1, 0.15) is 5.75 Å². The monoisotopic (exact) mass is 377 g/mol. The van der Waals surface area contributed by atoms with Gasteiger partial charge in [-0.1, -0.05) is 35.9 Å². The lowest BCUT2D eigenvalue weighted by atomic mass is 10.1. The second-order valence-electron chi connectivity index (χ2n) is 5.89. The van der Waals surface area contributed by atoms with E-state index in [-0.39, 0.29) is 6.61 Å². The molecule has 2 rings (SSSR count). The number of hydrogen-bond acceptors (Lipinski definition) is 5. The van der Waals surface area contributed by atoms with Gasteiger partial charge in [-0.2, -0.15) is 0 Å². The summed E-state index contributed by atoms with van der Waals surface area (Å²) in [5, 5.41) is 14.0. The Labute approximate surface area is 158 Å². The van der Waals surface area contributed by atoms with Gasteiger partial charge in [-0.3, -0.25) is 0 Å². The molecule has 0 saturated carbocycles. The number of carbonyl (C=O) groups is 1. The molecule has 2 N–H and O–H groups in total. The highest BCUT2D eigenvalue weighted by Gasteiger charge is 2.07. The van der Waals surface area contributed by atoms with Crippen molar-refractivity contribution < 1.29 is 19.4 Å². The zero-order valence-corrected chi connectivity index (χ0v) is 15.5. The molecule has 0 bridgehead atoms. The Balaban J connectivity index is 1.64. The highest BCUT2D eigenvalue weighted by atomic mass is 35.5. The number of rotatable bonds is 10. The molecule has 1 atom stereocenters. The van der Waals surface area contributed by atoms with Crippen LogP contribution in [0.25, 0.3) is 0 Å². The Hall–Kier alpha value is -2.08. The largest absolute Gasteiger partial charge is 0.482 e. The Morgan fingerprint density at radius 2 is 2.00 bits per heavy atom.